The van der Waals surface area contributed by atoms with Crippen molar-refractivity contribution in [2.24, 2.45) is 0 Å². The first-order valence-electron chi connectivity index (χ1n) is 9.09. The molecule has 0 bridgehead atoms. The minimum Gasteiger partial charge on any atom is -0.480 e. The predicted molar refractivity (Wildman–Crippen MR) is 105 cm³/mol. The summed E-state index contributed by atoms with van der Waals surface area (Å²) in [5.74, 6) is 0.757. The first-order chi connectivity index (χ1) is 13.6. The summed E-state index contributed by atoms with van der Waals surface area (Å²) in [5, 5.41) is 9.75. The molecular weight excluding hydrogens is 378 g/mol. The molecule has 7 nitrogen and oxygen atoms in total. The molecule has 1 unspecified atom stereocenters. The van der Waals surface area contributed by atoms with Gasteiger partial charge < -0.3 is 9.47 Å². The van der Waals surface area contributed by atoms with Crippen molar-refractivity contribution in [2.45, 2.75) is 23.8 Å². The molecule has 3 aromatic rings. The second-order valence-corrected chi connectivity index (χ2v) is 8.61. The highest BCUT2D eigenvalue weighted by molar-refractivity contribution is 7.89. The van der Waals surface area contributed by atoms with Crippen LogP contribution in [0.15, 0.2) is 59.5 Å². The molecule has 0 spiro atoms. The highest BCUT2D eigenvalue weighted by atomic mass is 32.2. The van der Waals surface area contributed by atoms with E-state index in [-0.39, 0.29) is 12.6 Å². The molecule has 0 aliphatic carbocycles. The van der Waals surface area contributed by atoms with Gasteiger partial charge in [0, 0.05) is 18.7 Å². The average molecular weight is 399 g/mol. The van der Waals surface area contributed by atoms with Crippen LogP contribution in [-0.2, 0) is 10.0 Å². The van der Waals surface area contributed by atoms with E-state index in [1.54, 1.807) is 24.3 Å². The summed E-state index contributed by atoms with van der Waals surface area (Å²) < 4.78 is 38.6. The van der Waals surface area contributed by atoms with Crippen LogP contribution in [0.3, 0.4) is 0 Å². The summed E-state index contributed by atoms with van der Waals surface area (Å²) >= 11 is 0. The molecule has 8 heteroatoms. The summed E-state index contributed by atoms with van der Waals surface area (Å²) in [6, 6.07) is 16.3. The molecule has 146 valence electrons. The number of sulfonamides is 1. The fourth-order valence-corrected chi connectivity index (χ4v) is 4.89. The van der Waals surface area contributed by atoms with E-state index in [0.29, 0.717) is 23.2 Å². The number of benzene rings is 2. The summed E-state index contributed by atoms with van der Waals surface area (Å²) in [6.07, 6.45) is 1.21. The van der Waals surface area contributed by atoms with Gasteiger partial charge in [0.1, 0.15) is 6.10 Å². The number of hydrogen-bond donors (Lipinski definition) is 0. The molecule has 0 radical (unpaired) electrons. The highest BCUT2D eigenvalue weighted by Crippen LogP contribution is 2.25. The van der Waals surface area contributed by atoms with E-state index in [1.165, 1.54) is 11.4 Å². The molecule has 0 N–H and O–H groups in total. The first-order valence-corrected chi connectivity index (χ1v) is 10.5. The standard InChI is InChI=1S/C20H21N3O4S/c1-26-19-10-11-20(22-21-19)27-17-7-4-12-23(14-17)28(24,25)18-9-8-15-5-2-3-6-16(15)13-18/h2-3,5-6,8-11,13,17H,4,7,12,14H2,1H3. The third-order valence-corrected chi connectivity index (χ3v) is 6.67. The van der Waals surface area contributed by atoms with Gasteiger partial charge in [0.2, 0.25) is 21.8 Å². The van der Waals surface area contributed by atoms with Gasteiger partial charge >= 0.3 is 0 Å². The van der Waals surface area contributed by atoms with Crippen molar-refractivity contribution in [2.75, 3.05) is 20.2 Å². The fraction of sp³-hybridized carbons (Fsp3) is 0.300. The van der Waals surface area contributed by atoms with Crippen molar-refractivity contribution in [3.63, 3.8) is 0 Å². The molecule has 2 heterocycles. The van der Waals surface area contributed by atoms with Crippen LogP contribution in [0.25, 0.3) is 10.8 Å². The first kappa shape index (κ1) is 18.6. The second-order valence-electron chi connectivity index (χ2n) is 6.67. The van der Waals surface area contributed by atoms with E-state index < -0.39 is 10.0 Å². The molecule has 1 atom stereocenters. The van der Waals surface area contributed by atoms with E-state index >= 15 is 0 Å². The summed E-state index contributed by atoms with van der Waals surface area (Å²) in [7, 11) is -2.08. The van der Waals surface area contributed by atoms with Crippen molar-refractivity contribution in [1.29, 1.82) is 0 Å². The molecular formula is C20H21N3O4S. The largest absolute Gasteiger partial charge is 0.480 e. The molecule has 0 amide bonds. The molecule has 1 aliphatic rings. The lowest BCUT2D eigenvalue weighted by molar-refractivity contribution is 0.123. The summed E-state index contributed by atoms with van der Waals surface area (Å²) in [5.41, 5.74) is 0. The van der Waals surface area contributed by atoms with Gasteiger partial charge in [-0.2, -0.15) is 4.31 Å². The lowest BCUT2D eigenvalue weighted by Crippen LogP contribution is -2.44. The van der Waals surface area contributed by atoms with Gasteiger partial charge in [0.25, 0.3) is 0 Å². The summed E-state index contributed by atoms with van der Waals surface area (Å²) in [4.78, 5) is 0.302. The van der Waals surface area contributed by atoms with E-state index in [1.807, 2.05) is 30.3 Å². The second kappa shape index (κ2) is 7.73. The van der Waals surface area contributed by atoms with Crippen molar-refractivity contribution >= 4 is 20.8 Å². The average Bonchev–Trinajstić information content (AvgIpc) is 2.74. The molecule has 1 aromatic heterocycles. The maximum absolute atomic E-state index is 13.1. The number of piperidine rings is 1. The third-order valence-electron chi connectivity index (χ3n) is 4.81. The van der Waals surface area contributed by atoms with Crippen molar-refractivity contribution < 1.29 is 17.9 Å². The maximum Gasteiger partial charge on any atom is 0.243 e. The number of hydrogen-bond acceptors (Lipinski definition) is 6. The lowest BCUT2D eigenvalue weighted by Gasteiger charge is -2.31. The van der Waals surface area contributed by atoms with E-state index in [4.69, 9.17) is 9.47 Å². The van der Waals surface area contributed by atoms with E-state index in [2.05, 4.69) is 10.2 Å². The van der Waals surface area contributed by atoms with Crippen molar-refractivity contribution in [3.8, 4) is 11.8 Å². The molecule has 4 rings (SSSR count). The number of fused-ring (bicyclic) bond motifs is 1. The number of aromatic nitrogens is 2. The Morgan fingerprint density at radius 2 is 1.75 bits per heavy atom. The Morgan fingerprint density at radius 3 is 2.50 bits per heavy atom. The highest BCUT2D eigenvalue weighted by Gasteiger charge is 2.31. The zero-order valence-electron chi connectivity index (χ0n) is 15.5. The Morgan fingerprint density at radius 1 is 1.00 bits per heavy atom. The van der Waals surface area contributed by atoms with E-state index in [9.17, 15) is 8.42 Å². The molecule has 2 aromatic carbocycles. The number of methoxy groups -OCH3 is 1. The van der Waals surface area contributed by atoms with Gasteiger partial charge in [-0.1, -0.05) is 30.3 Å². The van der Waals surface area contributed by atoms with Crippen LogP contribution in [0.5, 0.6) is 11.8 Å². The van der Waals surface area contributed by atoms with Crippen LogP contribution < -0.4 is 9.47 Å². The van der Waals surface area contributed by atoms with Gasteiger partial charge in [0.05, 0.1) is 18.6 Å². The predicted octanol–water partition coefficient (Wildman–Crippen LogP) is 2.87. The summed E-state index contributed by atoms with van der Waals surface area (Å²) in [6.45, 7) is 0.756. The van der Waals surface area contributed by atoms with Crippen molar-refractivity contribution in [3.05, 3.63) is 54.6 Å². The van der Waals surface area contributed by atoms with Crippen LogP contribution in [0.4, 0.5) is 0 Å². The van der Waals surface area contributed by atoms with Crippen LogP contribution in [0.1, 0.15) is 12.8 Å². The molecule has 28 heavy (non-hydrogen) atoms. The Balaban J connectivity index is 1.52. The maximum atomic E-state index is 13.1. The fourth-order valence-electron chi connectivity index (χ4n) is 3.35. The topological polar surface area (TPSA) is 81.6 Å². The quantitative estimate of drug-likeness (QED) is 0.656. The monoisotopic (exact) mass is 399 g/mol. The van der Waals surface area contributed by atoms with Crippen LogP contribution in [-0.4, -0.2) is 49.2 Å². The third kappa shape index (κ3) is 3.79. The molecule has 1 saturated heterocycles. The zero-order valence-corrected chi connectivity index (χ0v) is 16.3. The zero-order chi connectivity index (χ0) is 19.6. The van der Waals surface area contributed by atoms with Gasteiger partial charge in [-0.25, -0.2) is 8.42 Å². The Labute approximate surface area is 164 Å². The smallest absolute Gasteiger partial charge is 0.243 e. The van der Waals surface area contributed by atoms with Gasteiger partial charge in [-0.15, -0.1) is 10.2 Å². The lowest BCUT2D eigenvalue weighted by atomic mass is 10.1. The van der Waals surface area contributed by atoms with Crippen molar-refractivity contribution in [1.82, 2.24) is 14.5 Å². The minimum absolute atomic E-state index is 0.272. The molecule has 1 fully saturated rings. The molecule has 1 aliphatic heterocycles. The number of ether oxygens (including phenoxy) is 2. The van der Waals surface area contributed by atoms with Crippen LogP contribution in [0.2, 0.25) is 0 Å². The number of nitrogens with zero attached hydrogens (tertiary/aromatic N) is 3. The van der Waals surface area contributed by atoms with Gasteiger partial charge in [0.15, 0.2) is 0 Å². The molecule has 0 saturated carbocycles. The van der Waals surface area contributed by atoms with Crippen LogP contribution >= 0.6 is 0 Å². The number of rotatable bonds is 5. The van der Waals surface area contributed by atoms with E-state index in [0.717, 1.165) is 23.6 Å². The Kier molecular flexibility index (Phi) is 5.15. The minimum atomic E-state index is -3.59. The van der Waals surface area contributed by atoms with Gasteiger partial charge in [-0.3, -0.25) is 0 Å². The SMILES string of the molecule is COc1ccc(OC2CCCN(S(=O)(=O)c3ccc4ccccc4c3)C2)nn1. The van der Waals surface area contributed by atoms with Crippen LogP contribution in [0, 0.1) is 0 Å². The Bertz CT molecular complexity index is 1070. The normalized spacial score (nSPS) is 18.1. The Hall–Kier alpha value is -2.71. The van der Waals surface area contributed by atoms with Gasteiger partial charge in [-0.05, 0) is 35.7 Å².